The van der Waals surface area contributed by atoms with E-state index in [0.717, 1.165) is 11.4 Å². The minimum absolute atomic E-state index is 0.211. The molecule has 7 nitrogen and oxygen atoms in total. The number of rotatable bonds is 6. The molecule has 8 heteroatoms. The van der Waals surface area contributed by atoms with Crippen LogP contribution >= 0.6 is 11.8 Å². The Hall–Kier alpha value is -2.61. The number of nitrogens with zero attached hydrogens (tertiary/aromatic N) is 3. The van der Waals surface area contributed by atoms with Crippen molar-refractivity contribution in [1.82, 2.24) is 25.7 Å². The molecule has 1 aromatic carbocycles. The van der Waals surface area contributed by atoms with E-state index in [1.54, 1.807) is 0 Å². The van der Waals surface area contributed by atoms with Gasteiger partial charge in [0.25, 0.3) is 5.91 Å². The molecule has 2 heterocycles. The average Bonchev–Trinajstić information content (AvgIpc) is 3.21. The van der Waals surface area contributed by atoms with Crippen molar-refractivity contribution in [3.8, 4) is 11.3 Å². The van der Waals surface area contributed by atoms with Gasteiger partial charge in [0, 0.05) is 17.9 Å². The lowest BCUT2D eigenvalue weighted by Crippen LogP contribution is -2.25. The number of H-pyrrole nitrogens is 1. The predicted molar refractivity (Wildman–Crippen MR) is 86.1 cm³/mol. The summed E-state index contributed by atoms with van der Waals surface area (Å²) in [7, 11) is 0. The molecule has 118 valence electrons. The minimum Gasteiger partial charge on any atom is -0.363 e. The first-order valence-electron chi connectivity index (χ1n) is 7.04. The van der Waals surface area contributed by atoms with Crippen LogP contribution in [0.4, 0.5) is 0 Å². The highest BCUT2D eigenvalue weighted by molar-refractivity contribution is 7.99. The van der Waals surface area contributed by atoms with Gasteiger partial charge in [-0.3, -0.25) is 9.89 Å². The van der Waals surface area contributed by atoms with E-state index < -0.39 is 0 Å². The second-order valence-corrected chi connectivity index (χ2v) is 5.81. The number of hydrogen-bond donors (Lipinski definition) is 2. The Morgan fingerprint density at radius 3 is 2.91 bits per heavy atom. The molecule has 3 rings (SSSR count). The molecular weight excluding hydrogens is 314 g/mol. The monoisotopic (exact) mass is 329 g/mol. The molecule has 0 unspecified atom stereocenters. The van der Waals surface area contributed by atoms with Gasteiger partial charge < -0.3 is 9.84 Å². The zero-order chi connectivity index (χ0) is 16.1. The van der Waals surface area contributed by atoms with Crippen LogP contribution < -0.4 is 5.32 Å². The molecule has 3 aromatic rings. The summed E-state index contributed by atoms with van der Waals surface area (Å²) in [5.41, 5.74) is 1.81. The Labute approximate surface area is 136 Å². The highest BCUT2D eigenvalue weighted by Crippen LogP contribution is 2.21. The van der Waals surface area contributed by atoms with E-state index in [-0.39, 0.29) is 5.91 Å². The summed E-state index contributed by atoms with van der Waals surface area (Å²) in [6.07, 6.45) is 1.36. The third-order valence-corrected chi connectivity index (χ3v) is 3.91. The zero-order valence-electron chi connectivity index (χ0n) is 12.4. The Kier molecular flexibility index (Phi) is 4.72. The van der Waals surface area contributed by atoms with Crippen molar-refractivity contribution < 1.29 is 9.32 Å². The predicted octanol–water partition coefficient (Wildman–Crippen LogP) is 2.29. The quantitative estimate of drug-likeness (QED) is 0.532. The van der Waals surface area contributed by atoms with Crippen molar-refractivity contribution in [2.24, 2.45) is 0 Å². The molecule has 2 aromatic heterocycles. The molecule has 0 fully saturated rings. The Morgan fingerprint density at radius 1 is 1.35 bits per heavy atom. The summed E-state index contributed by atoms with van der Waals surface area (Å²) < 4.78 is 4.96. The minimum atomic E-state index is -0.211. The second-order valence-electron chi connectivity index (χ2n) is 4.75. The van der Waals surface area contributed by atoms with Crippen LogP contribution in [0.15, 0.2) is 46.3 Å². The SMILES string of the molecule is Cc1nc(SCCNC(=O)c2conc2-c2ccccc2)n[nH]1. The summed E-state index contributed by atoms with van der Waals surface area (Å²) >= 11 is 1.47. The molecule has 1 amide bonds. The number of benzene rings is 1. The van der Waals surface area contributed by atoms with Crippen molar-refractivity contribution >= 4 is 17.7 Å². The van der Waals surface area contributed by atoms with E-state index >= 15 is 0 Å². The van der Waals surface area contributed by atoms with Crippen LogP contribution in [0, 0.1) is 6.92 Å². The zero-order valence-corrected chi connectivity index (χ0v) is 13.3. The second kappa shape index (κ2) is 7.10. The lowest BCUT2D eigenvalue weighted by atomic mass is 10.1. The number of hydrogen-bond acceptors (Lipinski definition) is 6. The van der Waals surface area contributed by atoms with Gasteiger partial charge in [-0.2, -0.15) is 0 Å². The third-order valence-electron chi connectivity index (χ3n) is 3.06. The molecule has 0 saturated heterocycles. The topological polar surface area (TPSA) is 96.7 Å². The van der Waals surface area contributed by atoms with Gasteiger partial charge in [0.05, 0.1) is 0 Å². The van der Waals surface area contributed by atoms with Gasteiger partial charge in [-0.15, -0.1) is 5.10 Å². The van der Waals surface area contributed by atoms with E-state index in [1.807, 2.05) is 37.3 Å². The molecule has 0 spiro atoms. The van der Waals surface area contributed by atoms with Crippen molar-refractivity contribution in [1.29, 1.82) is 0 Å². The average molecular weight is 329 g/mol. The molecule has 0 saturated carbocycles. The van der Waals surface area contributed by atoms with E-state index in [1.165, 1.54) is 18.0 Å². The van der Waals surface area contributed by atoms with Gasteiger partial charge in [0.1, 0.15) is 23.3 Å². The van der Waals surface area contributed by atoms with Gasteiger partial charge in [0.2, 0.25) is 5.16 Å². The van der Waals surface area contributed by atoms with Gasteiger partial charge in [-0.05, 0) is 6.92 Å². The van der Waals surface area contributed by atoms with Crippen LogP contribution in [0.5, 0.6) is 0 Å². The van der Waals surface area contributed by atoms with E-state index in [9.17, 15) is 4.79 Å². The third kappa shape index (κ3) is 3.78. The number of aromatic nitrogens is 4. The smallest absolute Gasteiger partial charge is 0.256 e. The fourth-order valence-electron chi connectivity index (χ4n) is 1.99. The van der Waals surface area contributed by atoms with Gasteiger partial charge in [-0.25, -0.2) is 4.98 Å². The van der Waals surface area contributed by atoms with Crippen molar-refractivity contribution in [3.63, 3.8) is 0 Å². The van der Waals surface area contributed by atoms with Crippen molar-refractivity contribution in [2.75, 3.05) is 12.3 Å². The van der Waals surface area contributed by atoms with E-state index in [4.69, 9.17) is 4.52 Å². The first-order valence-corrected chi connectivity index (χ1v) is 8.02. The highest BCUT2D eigenvalue weighted by atomic mass is 32.2. The largest absolute Gasteiger partial charge is 0.363 e. The Balaban J connectivity index is 1.56. The number of amides is 1. The number of carbonyl (C=O) groups excluding carboxylic acids is 1. The standard InChI is InChI=1S/C15H15N5O2S/c1-10-17-15(19-18-10)23-8-7-16-14(21)12-9-22-20-13(12)11-5-3-2-4-6-11/h2-6,9H,7-8H2,1H3,(H,16,21)(H,17,18,19). The van der Waals surface area contributed by atoms with Crippen LogP contribution in [-0.2, 0) is 0 Å². The van der Waals surface area contributed by atoms with Crippen LogP contribution in [0.2, 0.25) is 0 Å². The highest BCUT2D eigenvalue weighted by Gasteiger charge is 2.16. The molecule has 2 N–H and O–H groups in total. The van der Waals surface area contributed by atoms with E-state index in [2.05, 4.69) is 25.7 Å². The maximum Gasteiger partial charge on any atom is 0.256 e. The van der Waals surface area contributed by atoms with Gasteiger partial charge >= 0.3 is 0 Å². The fraction of sp³-hybridized carbons (Fsp3) is 0.200. The summed E-state index contributed by atoms with van der Waals surface area (Å²) in [5, 5.41) is 14.2. The normalized spacial score (nSPS) is 10.7. The van der Waals surface area contributed by atoms with Crippen LogP contribution in [0.25, 0.3) is 11.3 Å². The maximum absolute atomic E-state index is 12.3. The molecule has 0 aliphatic carbocycles. The maximum atomic E-state index is 12.3. The van der Waals surface area contributed by atoms with Gasteiger partial charge in [0.15, 0.2) is 0 Å². The first kappa shape index (κ1) is 15.3. The molecular formula is C15H15N5O2S. The molecule has 0 radical (unpaired) electrons. The van der Waals surface area contributed by atoms with E-state index in [0.29, 0.717) is 28.7 Å². The van der Waals surface area contributed by atoms with Crippen molar-refractivity contribution in [2.45, 2.75) is 12.1 Å². The van der Waals surface area contributed by atoms with Crippen molar-refractivity contribution in [3.05, 3.63) is 48.0 Å². The number of nitrogens with one attached hydrogen (secondary N) is 2. The molecule has 0 atom stereocenters. The summed E-state index contributed by atoms with van der Waals surface area (Å²) in [5.74, 6) is 1.24. The molecule has 0 aliphatic heterocycles. The number of aryl methyl sites for hydroxylation is 1. The number of aromatic amines is 1. The van der Waals surface area contributed by atoms with Gasteiger partial charge in [-0.1, -0.05) is 47.3 Å². The van der Waals surface area contributed by atoms with Crippen LogP contribution in [0.1, 0.15) is 16.2 Å². The Morgan fingerprint density at radius 2 is 2.17 bits per heavy atom. The first-order chi connectivity index (χ1) is 11.2. The summed E-state index contributed by atoms with van der Waals surface area (Å²) in [6.45, 7) is 2.34. The molecule has 0 aliphatic rings. The molecule has 0 bridgehead atoms. The Bertz CT molecular complexity index is 784. The van der Waals surface area contributed by atoms with Crippen LogP contribution in [-0.4, -0.2) is 38.5 Å². The number of carbonyl (C=O) groups is 1. The summed E-state index contributed by atoms with van der Waals surface area (Å²) in [4.78, 5) is 16.4. The number of thioether (sulfide) groups is 1. The fourth-order valence-corrected chi connectivity index (χ4v) is 2.69. The van der Waals surface area contributed by atoms with Crippen LogP contribution in [0.3, 0.4) is 0 Å². The summed E-state index contributed by atoms with van der Waals surface area (Å²) in [6, 6.07) is 9.46. The lowest BCUT2D eigenvalue weighted by Gasteiger charge is -2.03. The molecule has 23 heavy (non-hydrogen) atoms. The lowest BCUT2D eigenvalue weighted by molar-refractivity contribution is 0.0956.